The van der Waals surface area contributed by atoms with Crippen LogP contribution in [-0.4, -0.2) is 15.2 Å². The number of rotatable bonds is 1. The molecule has 108 valence electrons. The van der Waals surface area contributed by atoms with Crippen LogP contribution in [-0.2, 0) is 0 Å². The molecule has 0 bridgehead atoms. The van der Waals surface area contributed by atoms with Crippen LogP contribution in [0.3, 0.4) is 0 Å². The first-order valence-corrected chi connectivity index (χ1v) is 6.52. The molecule has 2 heterocycles. The number of nitrogens with one attached hydrogen (secondary N) is 1. The van der Waals surface area contributed by atoms with Crippen molar-refractivity contribution in [1.29, 1.82) is 0 Å². The van der Waals surface area contributed by atoms with Crippen LogP contribution >= 0.6 is 0 Å². The highest BCUT2D eigenvalue weighted by molar-refractivity contribution is 5.85. The van der Waals surface area contributed by atoms with E-state index < -0.39 is 0 Å². The molecule has 0 amide bonds. The second kappa shape index (κ2) is 5.69. The van der Waals surface area contributed by atoms with Gasteiger partial charge in [-0.25, -0.2) is 4.39 Å². The van der Waals surface area contributed by atoms with Gasteiger partial charge in [-0.05, 0) is 30.7 Å². The lowest BCUT2D eigenvalue weighted by Crippen LogP contribution is -1.97. The van der Waals surface area contributed by atoms with Gasteiger partial charge in [-0.1, -0.05) is 19.9 Å². The van der Waals surface area contributed by atoms with Crippen molar-refractivity contribution >= 4 is 16.7 Å². The Bertz CT molecular complexity index is 743. The van der Waals surface area contributed by atoms with Crippen molar-refractivity contribution in [3.63, 3.8) is 0 Å². The maximum atomic E-state index is 13.3. The quantitative estimate of drug-likeness (QED) is 0.700. The highest BCUT2D eigenvalue weighted by Gasteiger charge is 2.08. The fraction of sp³-hybridized carbons (Fsp3) is 0.200. The van der Waals surface area contributed by atoms with Crippen LogP contribution in [0.15, 0.2) is 30.5 Å². The molecule has 0 unspecified atom stereocenters. The van der Waals surface area contributed by atoms with Crippen molar-refractivity contribution in [1.82, 2.24) is 15.2 Å². The van der Waals surface area contributed by atoms with Crippen LogP contribution in [0, 0.1) is 12.7 Å². The van der Waals surface area contributed by atoms with E-state index in [1.165, 1.54) is 6.20 Å². The van der Waals surface area contributed by atoms with Crippen LogP contribution in [0.1, 0.15) is 22.3 Å². The number of hydrogen-bond donors (Lipinski definition) is 2. The Morgan fingerprint density at radius 3 is 2.65 bits per heavy atom. The van der Waals surface area contributed by atoms with E-state index in [-0.39, 0.29) is 8.67 Å². The highest BCUT2D eigenvalue weighted by atomic mass is 19.1. The highest BCUT2D eigenvalue weighted by Crippen LogP contribution is 2.26. The molecule has 20 heavy (non-hydrogen) atoms. The van der Waals surface area contributed by atoms with Gasteiger partial charge in [-0.15, -0.1) is 10.2 Å². The fourth-order valence-corrected chi connectivity index (χ4v) is 2.03. The molecule has 1 aromatic carbocycles. The summed E-state index contributed by atoms with van der Waals surface area (Å²) in [6.07, 6.45) is 1.34. The Morgan fingerprint density at radius 1 is 1.20 bits per heavy atom. The summed E-state index contributed by atoms with van der Waals surface area (Å²) >= 11 is 0. The number of nitrogens with two attached hydrogens (primary N) is 1. The summed E-state index contributed by atoms with van der Waals surface area (Å²) in [4.78, 5) is 2.88. The number of aryl methyl sites for hydroxylation is 1. The summed E-state index contributed by atoms with van der Waals surface area (Å²) in [5.41, 5.74) is 8.88. The van der Waals surface area contributed by atoms with Crippen LogP contribution in [0.25, 0.3) is 22.2 Å². The van der Waals surface area contributed by atoms with Gasteiger partial charge in [0.05, 0.1) is 5.69 Å². The second-order valence-corrected chi connectivity index (χ2v) is 4.20. The maximum Gasteiger partial charge on any atom is 0.148 e. The average Bonchev–Trinajstić information content (AvgIpc) is 2.82. The molecule has 0 aliphatic heterocycles. The molecule has 0 saturated heterocycles. The van der Waals surface area contributed by atoms with Gasteiger partial charge < -0.3 is 10.7 Å². The number of aromatic nitrogens is 3. The fourth-order valence-electron chi connectivity index (χ4n) is 2.03. The summed E-state index contributed by atoms with van der Waals surface area (Å²) in [7, 11) is 0. The Morgan fingerprint density at radius 2 is 1.95 bits per heavy atom. The zero-order valence-electron chi connectivity index (χ0n) is 11.7. The maximum absolute atomic E-state index is 13.3. The molecule has 0 atom stereocenters. The largest absolute Gasteiger partial charge is 0.382 e. The zero-order valence-corrected chi connectivity index (χ0v) is 11.7. The van der Waals surface area contributed by atoms with E-state index in [9.17, 15) is 4.39 Å². The van der Waals surface area contributed by atoms with Gasteiger partial charge >= 0.3 is 0 Å². The van der Waals surface area contributed by atoms with Crippen LogP contribution < -0.4 is 5.73 Å². The predicted octanol–water partition coefficient (Wildman–Crippen LogP) is 4.17. The predicted molar refractivity (Wildman–Crippen MR) is 84.0 cm³/mol. The minimum atomic E-state index is -0.253. The van der Waals surface area contributed by atoms with Crippen LogP contribution in [0.4, 0.5) is 10.2 Å². The lowest BCUT2D eigenvalue weighted by molar-refractivity contribution is 0.639. The summed E-state index contributed by atoms with van der Waals surface area (Å²) < 4.78 is 13.3. The van der Waals surface area contributed by atoms with Crippen LogP contribution in [0.2, 0.25) is 0 Å². The third kappa shape index (κ3) is 2.47. The standard InChI is InChI=1S/C13H11FN4.C2H6.2H2/c1-7-4-12(15)17-18-13(7)8-2-3-9-10(14)6-16-11(9)5-8;1-2;;/h2-6,16H,1H3,(H2,15,17);1-2H3;2*1H. The van der Waals surface area contributed by atoms with Crippen molar-refractivity contribution in [3.05, 3.63) is 41.8 Å². The van der Waals surface area contributed by atoms with Gasteiger partial charge in [0, 0.05) is 25.5 Å². The molecule has 5 heteroatoms. The van der Waals surface area contributed by atoms with Crippen molar-refractivity contribution in [3.8, 4) is 11.3 Å². The SMILES string of the molecule is CC.Cc1cc(N)nnc1-c1ccc2c(F)c[nH]c2c1.[HH].[HH]. The topological polar surface area (TPSA) is 67.6 Å². The van der Waals surface area contributed by atoms with E-state index >= 15 is 0 Å². The Balaban J connectivity index is 0.00000106. The Labute approximate surface area is 119 Å². The Kier molecular flexibility index (Phi) is 3.98. The van der Waals surface area contributed by atoms with Crippen molar-refractivity contribution in [2.75, 3.05) is 5.73 Å². The number of nitrogens with zero attached hydrogens (tertiary/aromatic N) is 2. The van der Waals surface area contributed by atoms with Crippen molar-refractivity contribution in [2.24, 2.45) is 0 Å². The zero-order chi connectivity index (χ0) is 14.7. The number of halogens is 1. The summed E-state index contributed by atoms with van der Waals surface area (Å²) in [6, 6.07) is 7.17. The van der Waals surface area contributed by atoms with Gasteiger partial charge in [0.1, 0.15) is 11.6 Å². The summed E-state index contributed by atoms with van der Waals surface area (Å²) in [6.45, 7) is 5.92. The molecule has 3 N–H and O–H groups in total. The van der Waals surface area contributed by atoms with Gasteiger partial charge in [0.25, 0.3) is 0 Å². The molecule has 0 aliphatic carbocycles. The minimum absolute atomic E-state index is 0. The Hall–Kier alpha value is -2.43. The van der Waals surface area contributed by atoms with Crippen LogP contribution in [0.5, 0.6) is 0 Å². The first-order chi connectivity index (χ1) is 9.65. The smallest absolute Gasteiger partial charge is 0.148 e. The number of benzene rings is 1. The number of hydrogen-bond acceptors (Lipinski definition) is 3. The molecular weight excluding hydrogens is 255 g/mol. The average molecular weight is 276 g/mol. The first-order valence-electron chi connectivity index (χ1n) is 6.52. The number of fused-ring (bicyclic) bond motifs is 1. The molecule has 0 aliphatic rings. The summed E-state index contributed by atoms with van der Waals surface area (Å²) in [5.74, 6) is 0.139. The number of aromatic amines is 1. The van der Waals surface area contributed by atoms with Gasteiger partial charge in [-0.2, -0.15) is 0 Å². The van der Waals surface area contributed by atoms with E-state index in [1.54, 1.807) is 12.1 Å². The first kappa shape index (κ1) is 14.0. The molecule has 0 saturated carbocycles. The molecular formula is C15H21FN4. The molecule has 0 fully saturated rings. The normalized spacial score (nSPS) is 10.2. The number of nitrogen functional groups attached to an aromatic ring is 1. The second-order valence-electron chi connectivity index (χ2n) is 4.20. The molecule has 3 aromatic rings. The third-order valence-corrected chi connectivity index (χ3v) is 2.91. The van der Waals surface area contributed by atoms with Gasteiger partial charge in [-0.3, -0.25) is 0 Å². The van der Waals surface area contributed by atoms with E-state index in [0.29, 0.717) is 11.2 Å². The summed E-state index contributed by atoms with van der Waals surface area (Å²) in [5, 5.41) is 8.49. The van der Waals surface area contributed by atoms with Crippen molar-refractivity contribution in [2.45, 2.75) is 20.8 Å². The van der Waals surface area contributed by atoms with E-state index in [0.717, 1.165) is 22.3 Å². The van der Waals surface area contributed by atoms with E-state index in [4.69, 9.17) is 5.73 Å². The minimum Gasteiger partial charge on any atom is -0.382 e. The molecule has 4 nitrogen and oxygen atoms in total. The monoisotopic (exact) mass is 276 g/mol. The molecule has 3 rings (SSSR count). The number of H-pyrrole nitrogens is 1. The van der Waals surface area contributed by atoms with Crippen molar-refractivity contribution < 1.29 is 7.24 Å². The molecule has 0 radical (unpaired) electrons. The van der Waals surface area contributed by atoms with Gasteiger partial charge in [0.15, 0.2) is 0 Å². The van der Waals surface area contributed by atoms with E-state index in [2.05, 4.69) is 15.2 Å². The van der Waals surface area contributed by atoms with Gasteiger partial charge in [0.2, 0.25) is 0 Å². The van der Waals surface area contributed by atoms with E-state index in [1.807, 2.05) is 32.9 Å². The lowest BCUT2D eigenvalue weighted by Gasteiger charge is -2.04. The third-order valence-electron chi connectivity index (χ3n) is 2.91. The lowest BCUT2D eigenvalue weighted by atomic mass is 10.1. The molecule has 2 aromatic heterocycles. The number of anilines is 1. The molecule has 0 spiro atoms.